The molecule has 1 aliphatic heterocycles. The monoisotopic (exact) mass is 224 g/mol. The molecule has 0 radical (unpaired) electrons. The lowest BCUT2D eigenvalue weighted by molar-refractivity contribution is 0.512. The summed E-state index contributed by atoms with van der Waals surface area (Å²) in [7, 11) is 2.03. The van der Waals surface area contributed by atoms with E-state index in [1.807, 2.05) is 13.1 Å². The zero-order valence-electron chi connectivity index (χ0n) is 8.01. The van der Waals surface area contributed by atoms with Crippen LogP contribution >= 0.6 is 24.0 Å². The molecule has 1 fully saturated rings. The molecule has 0 bridgehead atoms. The normalized spacial score (nSPS) is 17.4. The van der Waals surface area contributed by atoms with Crippen molar-refractivity contribution in [3.63, 3.8) is 0 Å². The second-order valence-electron chi connectivity index (χ2n) is 3.25. The average molecular weight is 224 g/mol. The van der Waals surface area contributed by atoms with Gasteiger partial charge in [-0.25, -0.2) is 0 Å². The van der Waals surface area contributed by atoms with Crippen LogP contribution in [0.15, 0.2) is 30.3 Å². The number of thiocarbonyl (C=S) groups is 1. The van der Waals surface area contributed by atoms with Gasteiger partial charge >= 0.3 is 0 Å². The van der Waals surface area contributed by atoms with E-state index in [1.54, 1.807) is 11.8 Å². The molecule has 4 heteroatoms. The van der Waals surface area contributed by atoms with Crippen LogP contribution in [0, 0.1) is 0 Å². The Balaban J connectivity index is 2.11. The molecule has 0 saturated carbocycles. The lowest BCUT2D eigenvalue weighted by Crippen LogP contribution is -2.42. The summed E-state index contributed by atoms with van der Waals surface area (Å²) in [6.45, 7) is 0.885. The van der Waals surface area contributed by atoms with Crippen molar-refractivity contribution in [2.24, 2.45) is 0 Å². The van der Waals surface area contributed by atoms with Crippen molar-refractivity contribution in [2.45, 2.75) is 0 Å². The average Bonchev–Trinajstić information content (AvgIpc) is 2.23. The highest BCUT2D eigenvalue weighted by atomic mass is 32.2. The molecular weight excluding hydrogens is 212 g/mol. The maximum absolute atomic E-state index is 5.19. The lowest BCUT2D eigenvalue weighted by Gasteiger charge is -2.35. The molecule has 0 aromatic heterocycles. The topological polar surface area (TPSA) is 6.48 Å². The van der Waals surface area contributed by atoms with E-state index in [-0.39, 0.29) is 0 Å². The number of para-hydroxylation sites is 1. The number of hydrogen-bond acceptors (Lipinski definition) is 3. The van der Waals surface area contributed by atoms with Crippen molar-refractivity contribution in [3.8, 4) is 0 Å². The quantitative estimate of drug-likeness (QED) is 0.675. The largest absolute Gasteiger partial charge is 0.344 e. The zero-order chi connectivity index (χ0) is 9.97. The molecule has 74 valence electrons. The molecule has 0 aliphatic carbocycles. The molecule has 14 heavy (non-hydrogen) atoms. The van der Waals surface area contributed by atoms with E-state index in [0.29, 0.717) is 0 Å². The summed E-state index contributed by atoms with van der Waals surface area (Å²) in [5.41, 5.74) is 1.26. The summed E-state index contributed by atoms with van der Waals surface area (Å²) in [5.74, 6) is 0.952. The first-order valence-corrected chi connectivity index (χ1v) is 5.84. The molecule has 0 spiro atoms. The van der Waals surface area contributed by atoms with Gasteiger partial charge in [0.05, 0.1) is 12.5 Å². The van der Waals surface area contributed by atoms with Crippen LogP contribution in [-0.2, 0) is 0 Å². The molecule has 1 saturated heterocycles. The van der Waals surface area contributed by atoms with Gasteiger partial charge in [0.25, 0.3) is 0 Å². The Morgan fingerprint density at radius 2 is 2.00 bits per heavy atom. The van der Waals surface area contributed by atoms with Crippen LogP contribution in [0.1, 0.15) is 0 Å². The second-order valence-corrected chi connectivity index (χ2v) is 4.83. The van der Waals surface area contributed by atoms with E-state index in [4.69, 9.17) is 12.2 Å². The first-order valence-electron chi connectivity index (χ1n) is 4.45. The van der Waals surface area contributed by atoms with Crippen LogP contribution < -0.4 is 4.90 Å². The zero-order valence-corrected chi connectivity index (χ0v) is 9.64. The van der Waals surface area contributed by atoms with Crippen molar-refractivity contribution < 1.29 is 0 Å². The molecule has 2 nitrogen and oxygen atoms in total. The summed E-state index contributed by atoms with van der Waals surface area (Å²) in [5, 5.41) is 0. The van der Waals surface area contributed by atoms with Gasteiger partial charge in [-0.05, 0) is 12.1 Å². The highest BCUT2D eigenvalue weighted by Gasteiger charge is 2.18. The third-order valence-electron chi connectivity index (χ3n) is 2.16. The summed E-state index contributed by atoms with van der Waals surface area (Å²) in [6, 6.07) is 10.4. The number of thioether (sulfide) groups is 1. The highest BCUT2D eigenvalue weighted by molar-refractivity contribution is 8.23. The van der Waals surface area contributed by atoms with Gasteiger partial charge < -0.3 is 9.80 Å². The Bertz CT molecular complexity index is 326. The first-order chi connectivity index (χ1) is 6.77. The minimum Gasteiger partial charge on any atom is -0.344 e. The van der Waals surface area contributed by atoms with E-state index in [1.165, 1.54) is 5.69 Å². The van der Waals surface area contributed by atoms with Crippen molar-refractivity contribution in [1.29, 1.82) is 0 Å². The summed E-state index contributed by atoms with van der Waals surface area (Å²) >= 11 is 6.91. The van der Waals surface area contributed by atoms with Crippen LogP contribution in [0.25, 0.3) is 0 Å². The molecule has 0 N–H and O–H groups in total. The van der Waals surface area contributed by atoms with E-state index < -0.39 is 0 Å². The third-order valence-corrected chi connectivity index (χ3v) is 3.82. The molecule has 1 aromatic carbocycles. The standard InChI is InChI=1S/C10H12N2S2/c1-11-7-12(8-14-10(11)13)9-5-3-2-4-6-9/h2-6H,7-8H2,1H3. The van der Waals surface area contributed by atoms with E-state index in [0.717, 1.165) is 16.9 Å². The maximum Gasteiger partial charge on any atom is 0.139 e. The number of hydrogen-bond donors (Lipinski definition) is 0. The minimum absolute atomic E-state index is 0.885. The van der Waals surface area contributed by atoms with E-state index >= 15 is 0 Å². The van der Waals surface area contributed by atoms with E-state index in [9.17, 15) is 0 Å². The lowest BCUT2D eigenvalue weighted by atomic mass is 10.3. The fourth-order valence-electron chi connectivity index (χ4n) is 1.39. The SMILES string of the molecule is CN1CN(c2ccccc2)CSC1=S. The van der Waals surface area contributed by atoms with Crippen LogP contribution in [0.2, 0.25) is 0 Å². The summed E-state index contributed by atoms with van der Waals surface area (Å²) in [6.07, 6.45) is 0. The van der Waals surface area contributed by atoms with Crippen molar-refractivity contribution in [2.75, 3.05) is 24.5 Å². The molecule has 0 unspecified atom stereocenters. The van der Waals surface area contributed by atoms with E-state index in [2.05, 4.69) is 34.1 Å². The van der Waals surface area contributed by atoms with Crippen molar-refractivity contribution in [3.05, 3.63) is 30.3 Å². The molecule has 1 aliphatic rings. The minimum atomic E-state index is 0.885. The Morgan fingerprint density at radius 3 is 2.64 bits per heavy atom. The number of nitrogens with zero attached hydrogens (tertiary/aromatic N) is 2. The number of rotatable bonds is 1. The van der Waals surface area contributed by atoms with Gasteiger partial charge in [-0.2, -0.15) is 0 Å². The smallest absolute Gasteiger partial charge is 0.139 e. The van der Waals surface area contributed by atoms with Gasteiger partial charge in [0, 0.05) is 12.7 Å². The molecular formula is C10H12N2S2. The molecule has 2 rings (SSSR count). The van der Waals surface area contributed by atoms with Gasteiger partial charge in [0.2, 0.25) is 0 Å². The molecule has 0 atom stereocenters. The molecule has 1 aromatic rings. The van der Waals surface area contributed by atoms with Gasteiger partial charge in [0.1, 0.15) is 4.32 Å². The first kappa shape index (κ1) is 9.80. The van der Waals surface area contributed by atoms with Crippen molar-refractivity contribution in [1.82, 2.24) is 4.90 Å². The van der Waals surface area contributed by atoms with Crippen LogP contribution in [0.5, 0.6) is 0 Å². The Hall–Kier alpha value is -0.740. The van der Waals surface area contributed by atoms with Crippen molar-refractivity contribution >= 4 is 34.0 Å². The van der Waals surface area contributed by atoms with Gasteiger partial charge in [-0.3, -0.25) is 0 Å². The van der Waals surface area contributed by atoms with Gasteiger partial charge in [-0.15, -0.1) is 0 Å². The fourth-order valence-corrected chi connectivity index (χ4v) is 2.38. The summed E-state index contributed by atoms with van der Waals surface area (Å²) in [4.78, 5) is 4.40. The van der Waals surface area contributed by atoms with Crippen LogP contribution in [0.3, 0.4) is 0 Å². The Kier molecular flexibility index (Phi) is 2.93. The number of anilines is 1. The second kappa shape index (κ2) is 4.19. The molecule has 0 amide bonds. The van der Waals surface area contributed by atoms with Crippen LogP contribution in [-0.4, -0.2) is 28.8 Å². The van der Waals surface area contributed by atoms with Gasteiger partial charge in [0.15, 0.2) is 0 Å². The molecule has 1 heterocycles. The predicted octanol–water partition coefficient (Wildman–Crippen LogP) is 2.37. The highest BCUT2D eigenvalue weighted by Crippen LogP contribution is 2.23. The van der Waals surface area contributed by atoms with Gasteiger partial charge in [-0.1, -0.05) is 42.2 Å². The third kappa shape index (κ3) is 2.01. The van der Waals surface area contributed by atoms with Crippen LogP contribution in [0.4, 0.5) is 5.69 Å². The Morgan fingerprint density at radius 1 is 1.29 bits per heavy atom. The Labute approximate surface area is 93.9 Å². The number of benzene rings is 1. The summed E-state index contributed by atoms with van der Waals surface area (Å²) < 4.78 is 0.984. The maximum atomic E-state index is 5.19. The predicted molar refractivity (Wildman–Crippen MR) is 66.6 cm³/mol. The fraction of sp³-hybridized carbons (Fsp3) is 0.300.